The van der Waals surface area contributed by atoms with Crippen LogP contribution in [0.1, 0.15) is 18.9 Å². The molecule has 1 aliphatic rings. The van der Waals surface area contributed by atoms with E-state index >= 15 is 0 Å². The first-order valence-corrected chi connectivity index (χ1v) is 8.26. The summed E-state index contributed by atoms with van der Waals surface area (Å²) in [6.07, 6.45) is 4.97. The van der Waals surface area contributed by atoms with Crippen molar-refractivity contribution in [3.8, 4) is 0 Å². The normalized spacial score (nSPS) is 17.6. The zero-order valence-electron chi connectivity index (χ0n) is 13.5. The number of aromatic amines is 1. The van der Waals surface area contributed by atoms with Gasteiger partial charge in [0, 0.05) is 50.0 Å². The smallest absolute Gasteiger partial charge is 0.227 e. The molecule has 2 aromatic rings. The zero-order chi connectivity index (χ0) is 16.2. The molecule has 1 atom stereocenters. The molecule has 1 fully saturated rings. The van der Waals surface area contributed by atoms with E-state index in [2.05, 4.69) is 21.8 Å². The monoisotopic (exact) mass is 316 g/mol. The van der Waals surface area contributed by atoms with Crippen LogP contribution in [0.5, 0.6) is 0 Å². The zero-order valence-corrected chi connectivity index (χ0v) is 13.5. The average Bonchev–Trinajstić information content (AvgIpc) is 3.00. The largest absolute Gasteiger partial charge is 0.395 e. The number of rotatable bonds is 5. The second-order valence-corrected chi connectivity index (χ2v) is 6.05. The molecule has 3 heterocycles. The number of hydrogen-bond donors (Lipinski definition) is 2. The Labute approximate surface area is 136 Å². The summed E-state index contributed by atoms with van der Waals surface area (Å²) < 4.78 is 0. The lowest BCUT2D eigenvalue weighted by Crippen LogP contribution is -2.53. The number of carbonyl (C=O) groups is 1. The first-order chi connectivity index (χ1) is 11.2. The van der Waals surface area contributed by atoms with Gasteiger partial charge in [-0.1, -0.05) is 6.92 Å². The maximum absolute atomic E-state index is 12.5. The molecular formula is C17H24N4O2. The second kappa shape index (κ2) is 7.10. The van der Waals surface area contributed by atoms with Gasteiger partial charge in [0.2, 0.25) is 5.91 Å². The number of H-pyrrole nitrogens is 1. The lowest BCUT2D eigenvalue weighted by molar-refractivity contribution is -0.132. The Balaban J connectivity index is 1.60. The minimum Gasteiger partial charge on any atom is -0.395 e. The summed E-state index contributed by atoms with van der Waals surface area (Å²) in [5.41, 5.74) is 1.83. The number of aliphatic hydroxyl groups is 1. The van der Waals surface area contributed by atoms with E-state index in [0.29, 0.717) is 6.42 Å². The molecule has 1 saturated heterocycles. The van der Waals surface area contributed by atoms with Crippen molar-refractivity contribution in [1.29, 1.82) is 0 Å². The molecule has 1 aliphatic heterocycles. The van der Waals surface area contributed by atoms with Crippen LogP contribution in [-0.2, 0) is 11.2 Å². The standard InChI is InChI=1S/C17H24N4O2/c1-2-14(12-22)20-6-8-21(9-7-20)16(23)10-13-11-19-17-15(13)4-3-5-18-17/h3-5,11,14,22H,2,6-10,12H2,1H3,(H,18,19). The Hall–Kier alpha value is -1.92. The Kier molecular flexibility index (Phi) is 4.93. The SMILES string of the molecule is CCC(CO)N1CCN(C(=O)Cc2c[nH]c3ncccc23)CC1. The molecule has 6 heteroatoms. The number of nitrogens with zero attached hydrogens (tertiary/aromatic N) is 3. The highest BCUT2D eigenvalue weighted by Crippen LogP contribution is 2.17. The quantitative estimate of drug-likeness (QED) is 0.864. The molecule has 2 aromatic heterocycles. The molecule has 0 saturated carbocycles. The highest BCUT2D eigenvalue weighted by molar-refractivity contribution is 5.87. The summed E-state index contributed by atoms with van der Waals surface area (Å²) in [6.45, 7) is 5.41. The van der Waals surface area contributed by atoms with E-state index in [9.17, 15) is 9.90 Å². The van der Waals surface area contributed by atoms with Gasteiger partial charge in [-0.25, -0.2) is 4.98 Å². The van der Waals surface area contributed by atoms with Gasteiger partial charge in [0.1, 0.15) is 5.65 Å². The third kappa shape index (κ3) is 3.38. The van der Waals surface area contributed by atoms with Gasteiger partial charge in [-0.15, -0.1) is 0 Å². The number of amides is 1. The summed E-state index contributed by atoms with van der Waals surface area (Å²) in [4.78, 5) is 24.1. The summed E-state index contributed by atoms with van der Waals surface area (Å²) >= 11 is 0. The predicted octanol–water partition coefficient (Wildman–Crippen LogP) is 1.02. The molecule has 0 spiro atoms. The van der Waals surface area contributed by atoms with Crippen molar-refractivity contribution in [2.45, 2.75) is 25.8 Å². The highest BCUT2D eigenvalue weighted by Gasteiger charge is 2.25. The van der Waals surface area contributed by atoms with Crippen LogP contribution in [0.4, 0.5) is 0 Å². The van der Waals surface area contributed by atoms with Crippen LogP contribution < -0.4 is 0 Å². The van der Waals surface area contributed by atoms with Crippen LogP contribution in [-0.4, -0.2) is 69.6 Å². The molecule has 1 unspecified atom stereocenters. The Morgan fingerprint density at radius 3 is 2.87 bits per heavy atom. The Morgan fingerprint density at radius 1 is 1.39 bits per heavy atom. The molecule has 0 aromatic carbocycles. The van der Waals surface area contributed by atoms with Crippen molar-refractivity contribution in [3.05, 3.63) is 30.1 Å². The van der Waals surface area contributed by atoms with Crippen molar-refractivity contribution in [2.24, 2.45) is 0 Å². The lowest BCUT2D eigenvalue weighted by atomic mass is 10.1. The van der Waals surface area contributed by atoms with E-state index < -0.39 is 0 Å². The number of nitrogens with one attached hydrogen (secondary N) is 1. The maximum atomic E-state index is 12.5. The van der Waals surface area contributed by atoms with Crippen molar-refractivity contribution in [2.75, 3.05) is 32.8 Å². The molecule has 1 amide bonds. The highest BCUT2D eigenvalue weighted by atomic mass is 16.3. The van der Waals surface area contributed by atoms with Gasteiger partial charge in [-0.05, 0) is 24.1 Å². The molecule has 0 radical (unpaired) electrons. The van der Waals surface area contributed by atoms with Crippen molar-refractivity contribution < 1.29 is 9.90 Å². The molecule has 2 N–H and O–H groups in total. The van der Waals surface area contributed by atoms with Gasteiger partial charge in [0.25, 0.3) is 0 Å². The Morgan fingerprint density at radius 2 is 2.17 bits per heavy atom. The predicted molar refractivity (Wildman–Crippen MR) is 89.1 cm³/mol. The maximum Gasteiger partial charge on any atom is 0.227 e. The number of hydrogen-bond acceptors (Lipinski definition) is 4. The van der Waals surface area contributed by atoms with Gasteiger partial charge < -0.3 is 15.0 Å². The first-order valence-electron chi connectivity index (χ1n) is 8.26. The van der Waals surface area contributed by atoms with Crippen LogP contribution in [0.3, 0.4) is 0 Å². The Bertz CT molecular complexity index is 657. The van der Waals surface area contributed by atoms with Crippen LogP contribution >= 0.6 is 0 Å². The number of piperazine rings is 1. The van der Waals surface area contributed by atoms with Crippen LogP contribution in [0.25, 0.3) is 11.0 Å². The van der Waals surface area contributed by atoms with Gasteiger partial charge in [0.15, 0.2) is 0 Å². The molecule has 0 bridgehead atoms. The van der Waals surface area contributed by atoms with E-state index in [0.717, 1.165) is 49.2 Å². The van der Waals surface area contributed by atoms with Crippen molar-refractivity contribution in [1.82, 2.24) is 19.8 Å². The summed E-state index contributed by atoms with van der Waals surface area (Å²) in [7, 11) is 0. The topological polar surface area (TPSA) is 72.5 Å². The summed E-state index contributed by atoms with van der Waals surface area (Å²) in [5, 5.41) is 10.4. The average molecular weight is 316 g/mol. The fourth-order valence-corrected chi connectivity index (χ4v) is 3.27. The number of aromatic nitrogens is 2. The molecule has 124 valence electrons. The first kappa shape index (κ1) is 16.0. The third-order valence-corrected chi connectivity index (χ3v) is 4.74. The molecular weight excluding hydrogens is 292 g/mol. The van der Waals surface area contributed by atoms with Gasteiger partial charge in [-0.3, -0.25) is 9.69 Å². The number of aliphatic hydroxyl groups excluding tert-OH is 1. The number of fused-ring (bicyclic) bond motifs is 1. The van der Waals surface area contributed by atoms with Gasteiger partial charge >= 0.3 is 0 Å². The minimum atomic E-state index is 0.159. The fraction of sp³-hybridized carbons (Fsp3) is 0.529. The van der Waals surface area contributed by atoms with Gasteiger partial charge in [0.05, 0.1) is 13.0 Å². The minimum absolute atomic E-state index is 0.159. The summed E-state index contributed by atoms with van der Waals surface area (Å²) in [5.74, 6) is 0.159. The van der Waals surface area contributed by atoms with E-state index in [1.165, 1.54) is 0 Å². The molecule has 3 rings (SSSR count). The van der Waals surface area contributed by atoms with Crippen LogP contribution in [0, 0.1) is 0 Å². The number of carbonyl (C=O) groups excluding carboxylic acids is 1. The molecule has 0 aliphatic carbocycles. The van der Waals surface area contributed by atoms with E-state index in [-0.39, 0.29) is 18.6 Å². The third-order valence-electron chi connectivity index (χ3n) is 4.74. The summed E-state index contributed by atoms with van der Waals surface area (Å²) in [6, 6.07) is 4.10. The van der Waals surface area contributed by atoms with Crippen LogP contribution in [0.2, 0.25) is 0 Å². The van der Waals surface area contributed by atoms with Crippen molar-refractivity contribution >= 4 is 16.9 Å². The van der Waals surface area contributed by atoms with E-state index in [1.807, 2.05) is 23.2 Å². The molecule has 23 heavy (non-hydrogen) atoms. The number of pyridine rings is 1. The van der Waals surface area contributed by atoms with Gasteiger partial charge in [-0.2, -0.15) is 0 Å². The fourth-order valence-electron chi connectivity index (χ4n) is 3.27. The van der Waals surface area contributed by atoms with E-state index in [4.69, 9.17) is 0 Å². The lowest BCUT2D eigenvalue weighted by Gasteiger charge is -2.38. The van der Waals surface area contributed by atoms with E-state index in [1.54, 1.807) is 6.20 Å². The van der Waals surface area contributed by atoms with Crippen molar-refractivity contribution in [3.63, 3.8) is 0 Å². The second-order valence-electron chi connectivity index (χ2n) is 6.05. The molecule has 6 nitrogen and oxygen atoms in total. The van der Waals surface area contributed by atoms with Crippen LogP contribution in [0.15, 0.2) is 24.5 Å².